The predicted octanol–water partition coefficient (Wildman–Crippen LogP) is 0.985. The van der Waals surface area contributed by atoms with Crippen LogP contribution in [0.5, 0.6) is 0 Å². The molecule has 0 spiro atoms. The van der Waals surface area contributed by atoms with Gasteiger partial charge >= 0.3 is 0 Å². The normalized spacial score (nSPS) is 37.2. The van der Waals surface area contributed by atoms with Gasteiger partial charge in [-0.05, 0) is 38.1 Å². The fourth-order valence-electron chi connectivity index (χ4n) is 4.36. The van der Waals surface area contributed by atoms with E-state index in [9.17, 15) is 9.59 Å². The largest absolute Gasteiger partial charge is 0.342 e. The van der Waals surface area contributed by atoms with E-state index in [4.69, 9.17) is 0 Å². The van der Waals surface area contributed by atoms with Crippen molar-refractivity contribution >= 4 is 11.8 Å². The quantitative estimate of drug-likeness (QED) is 0.844. The maximum absolute atomic E-state index is 13.0. The van der Waals surface area contributed by atoms with Gasteiger partial charge in [0.05, 0.1) is 0 Å². The first-order valence-electron chi connectivity index (χ1n) is 8.41. The van der Waals surface area contributed by atoms with Gasteiger partial charge in [0.2, 0.25) is 11.8 Å². The molecule has 0 aromatic heterocycles. The van der Waals surface area contributed by atoms with E-state index in [0.717, 1.165) is 19.5 Å². The van der Waals surface area contributed by atoms with E-state index < -0.39 is 0 Å². The SMILES string of the molecule is CCC1C(=O)NC(C(C)C)C(=O)N1C1CCN2CCCC12. The highest BCUT2D eigenvalue weighted by atomic mass is 16.2. The highest BCUT2D eigenvalue weighted by Gasteiger charge is 2.49. The molecule has 3 fully saturated rings. The molecule has 1 N–H and O–H groups in total. The molecule has 3 aliphatic heterocycles. The number of hydrogen-bond acceptors (Lipinski definition) is 3. The van der Waals surface area contributed by atoms with Gasteiger partial charge in [0.15, 0.2) is 0 Å². The van der Waals surface area contributed by atoms with Gasteiger partial charge in [-0.15, -0.1) is 0 Å². The van der Waals surface area contributed by atoms with E-state index in [1.807, 2.05) is 25.7 Å². The van der Waals surface area contributed by atoms with Crippen molar-refractivity contribution in [3.05, 3.63) is 0 Å². The summed E-state index contributed by atoms with van der Waals surface area (Å²) in [6.45, 7) is 8.23. The number of fused-ring (bicyclic) bond motifs is 1. The topological polar surface area (TPSA) is 52.7 Å². The number of amides is 2. The van der Waals surface area contributed by atoms with E-state index in [1.165, 1.54) is 12.8 Å². The molecule has 118 valence electrons. The Morgan fingerprint density at radius 3 is 2.62 bits per heavy atom. The molecule has 4 atom stereocenters. The lowest BCUT2D eigenvalue weighted by atomic mass is 9.93. The summed E-state index contributed by atoms with van der Waals surface area (Å²) in [5.74, 6) is 0.310. The standard InChI is InChI=1S/C16H27N3O2/c1-4-11-15(20)17-14(10(2)3)16(21)19(11)13-7-9-18-8-5-6-12(13)18/h10-14H,4-9H2,1-3H3,(H,17,20). The van der Waals surface area contributed by atoms with Gasteiger partial charge in [-0.2, -0.15) is 0 Å². The molecule has 0 radical (unpaired) electrons. The second kappa shape index (κ2) is 5.59. The zero-order valence-corrected chi connectivity index (χ0v) is 13.3. The van der Waals surface area contributed by atoms with E-state index in [-0.39, 0.29) is 35.9 Å². The minimum atomic E-state index is -0.351. The molecule has 0 saturated carbocycles. The summed E-state index contributed by atoms with van der Waals surface area (Å²) < 4.78 is 0. The molecule has 0 bridgehead atoms. The minimum absolute atomic E-state index is 0.0345. The Balaban J connectivity index is 1.88. The van der Waals surface area contributed by atoms with Crippen molar-refractivity contribution in [2.45, 2.75) is 70.6 Å². The number of nitrogens with zero attached hydrogens (tertiary/aromatic N) is 2. The van der Waals surface area contributed by atoms with Gasteiger partial charge in [0.1, 0.15) is 12.1 Å². The number of carbonyl (C=O) groups excluding carboxylic acids is 2. The van der Waals surface area contributed by atoms with Crippen LogP contribution >= 0.6 is 0 Å². The minimum Gasteiger partial charge on any atom is -0.342 e. The Kier molecular flexibility index (Phi) is 3.95. The summed E-state index contributed by atoms with van der Waals surface area (Å²) in [4.78, 5) is 29.8. The highest BCUT2D eigenvalue weighted by Crippen LogP contribution is 2.34. The highest BCUT2D eigenvalue weighted by molar-refractivity contribution is 5.97. The Labute approximate surface area is 127 Å². The van der Waals surface area contributed by atoms with Gasteiger partial charge in [-0.25, -0.2) is 0 Å². The predicted molar refractivity (Wildman–Crippen MR) is 80.7 cm³/mol. The molecule has 2 amide bonds. The smallest absolute Gasteiger partial charge is 0.246 e. The van der Waals surface area contributed by atoms with Gasteiger partial charge in [0.25, 0.3) is 0 Å². The van der Waals surface area contributed by atoms with Gasteiger partial charge in [-0.3, -0.25) is 14.5 Å². The first-order valence-corrected chi connectivity index (χ1v) is 8.41. The monoisotopic (exact) mass is 293 g/mol. The van der Waals surface area contributed by atoms with E-state index >= 15 is 0 Å². The Bertz CT molecular complexity index is 437. The summed E-state index contributed by atoms with van der Waals surface area (Å²) in [6, 6.07) is 0.0766. The fourth-order valence-corrected chi connectivity index (χ4v) is 4.36. The molecule has 4 unspecified atom stereocenters. The third-order valence-corrected chi connectivity index (χ3v) is 5.44. The molecule has 5 heteroatoms. The summed E-state index contributed by atoms with van der Waals surface area (Å²) in [7, 11) is 0. The molecule has 3 rings (SSSR count). The lowest BCUT2D eigenvalue weighted by molar-refractivity contribution is -0.154. The van der Waals surface area contributed by atoms with Crippen LogP contribution in [0.15, 0.2) is 0 Å². The Morgan fingerprint density at radius 1 is 1.19 bits per heavy atom. The van der Waals surface area contributed by atoms with Crippen molar-refractivity contribution < 1.29 is 9.59 Å². The van der Waals surface area contributed by atoms with E-state index in [2.05, 4.69) is 10.2 Å². The number of nitrogens with one attached hydrogen (secondary N) is 1. The average molecular weight is 293 g/mol. The van der Waals surface area contributed by atoms with Gasteiger partial charge in [-0.1, -0.05) is 20.8 Å². The third-order valence-electron chi connectivity index (χ3n) is 5.44. The first kappa shape index (κ1) is 14.8. The van der Waals surface area contributed by atoms with Crippen molar-refractivity contribution in [2.75, 3.05) is 13.1 Å². The van der Waals surface area contributed by atoms with Crippen LogP contribution in [0.25, 0.3) is 0 Å². The van der Waals surface area contributed by atoms with E-state index in [0.29, 0.717) is 12.5 Å². The van der Waals surface area contributed by atoms with Crippen molar-refractivity contribution in [2.24, 2.45) is 5.92 Å². The maximum Gasteiger partial charge on any atom is 0.246 e. The summed E-state index contributed by atoms with van der Waals surface area (Å²) in [6.07, 6.45) is 4.11. The zero-order valence-electron chi connectivity index (χ0n) is 13.3. The second-order valence-corrected chi connectivity index (χ2v) is 7.00. The van der Waals surface area contributed by atoms with Gasteiger partial charge < -0.3 is 10.2 Å². The molecule has 3 aliphatic rings. The van der Waals surface area contributed by atoms with Crippen molar-refractivity contribution in [3.63, 3.8) is 0 Å². The van der Waals surface area contributed by atoms with Crippen LogP contribution in [-0.4, -0.2) is 58.9 Å². The van der Waals surface area contributed by atoms with Crippen LogP contribution in [0.1, 0.15) is 46.5 Å². The molecular weight excluding hydrogens is 266 g/mol. The van der Waals surface area contributed by atoms with Crippen LogP contribution in [0, 0.1) is 5.92 Å². The van der Waals surface area contributed by atoms with Crippen LogP contribution in [-0.2, 0) is 9.59 Å². The molecular formula is C16H27N3O2. The molecule has 3 heterocycles. The number of hydrogen-bond donors (Lipinski definition) is 1. The Hall–Kier alpha value is -1.10. The molecule has 3 saturated heterocycles. The fraction of sp³-hybridized carbons (Fsp3) is 0.875. The maximum atomic E-state index is 13.0. The molecule has 21 heavy (non-hydrogen) atoms. The van der Waals surface area contributed by atoms with Crippen molar-refractivity contribution in [3.8, 4) is 0 Å². The van der Waals surface area contributed by atoms with Crippen LogP contribution in [0.4, 0.5) is 0 Å². The lowest BCUT2D eigenvalue weighted by Crippen LogP contribution is -2.67. The number of carbonyl (C=O) groups is 2. The van der Waals surface area contributed by atoms with E-state index in [1.54, 1.807) is 0 Å². The molecule has 5 nitrogen and oxygen atoms in total. The van der Waals surface area contributed by atoms with Crippen LogP contribution in [0.3, 0.4) is 0 Å². The van der Waals surface area contributed by atoms with Gasteiger partial charge in [0, 0.05) is 18.6 Å². The van der Waals surface area contributed by atoms with Crippen molar-refractivity contribution in [1.82, 2.24) is 15.1 Å². The second-order valence-electron chi connectivity index (χ2n) is 7.00. The number of piperazine rings is 1. The third kappa shape index (κ3) is 2.35. The lowest BCUT2D eigenvalue weighted by Gasteiger charge is -2.44. The summed E-state index contributed by atoms with van der Waals surface area (Å²) in [5, 5.41) is 2.94. The summed E-state index contributed by atoms with van der Waals surface area (Å²) >= 11 is 0. The Morgan fingerprint density at radius 2 is 1.95 bits per heavy atom. The first-order chi connectivity index (χ1) is 10.0. The molecule has 0 aliphatic carbocycles. The van der Waals surface area contributed by atoms with Crippen LogP contribution < -0.4 is 5.32 Å². The van der Waals surface area contributed by atoms with Crippen LogP contribution in [0.2, 0.25) is 0 Å². The van der Waals surface area contributed by atoms with Crippen molar-refractivity contribution in [1.29, 1.82) is 0 Å². The average Bonchev–Trinajstić information content (AvgIpc) is 3.03. The zero-order chi connectivity index (χ0) is 15.1. The molecule has 0 aromatic rings. The molecule has 0 aromatic carbocycles. The number of rotatable bonds is 3. The summed E-state index contributed by atoms with van der Waals surface area (Å²) in [5.41, 5.74) is 0.